The minimum Gasteiger partial charge on any atom is -0.166 e. The van der Waals surface area contributed by atoms with Crippen molar-refractivity contribution in [1.29, 1.82) is 0 Å². The van der Waals surface area contributed by atoms with Crippen LogP contribution in [-0.4, -0.2) is 79.0 Å². The third kappa shape index (κ3) is 7.18. The molecule has 1 amide bonds. The van der Waals surface area contributed by atoms with Crippen molar-refractivity contribution in [3.05, 3.63) is 96.3 Å². The number of fused-ring (bicyclic) bond motifs is 1. The number of amides is 1. The summed E-state index contributed by atoms with van der Waals surface area (Å²) in [7, 11) is 0. The quantitative estimate of drug-likeness (QED) is 0.178. The molecule has 1 N–H and O–H groups in total. The summed E-state index contributed by atoms with van der Waals surface area (Å²) in [6, 6.07) is 19.3. The first-order chi connectivity index (χ1) is 21.3. The van der Waals surface area contributed by atoms with E-state index in [1.54, 1.807) is 28.9 Å². The van der Waals surface area contributed by atoms with Crippen molar-refractivity contribution in [2.75, 3.05) is 38.2 Å². The number of anilines is 1. The molecular weight excluding hydrogens is 632 g/mol. The van der Waals surface area contributed by atoms with Gasteiger partial charge in [-0.3, -0.25) is 4.79 Å². The SMILES string of the molecule is O=C(Nc1cccc(-c2ccnc3cc(-c4ccnc([AsH]CCCN5CCOCC5)c4)nn23)c1)c1cccc(C(F)(F)F)c1. The first kappa shape index (κ1) is 30.0. The van der Waals surface area contributed by atoms with Gasteiger partial charge in [0.15, 0.2) is 0 Å². The molecule has 1 unspecified atom stereocenters. The van der Waals surface area contributed by atoms with Gasteiger partial charge in [0.25, 0.3) is 0 Å². The Hall–Kier alpha value is -4.05. The van der Waals surface area contributed by atoms with E-state index in [4.69, 9.17) is 9.84 Å². The minimum atomic E-state index is -4.53. The van der Waals surface area contributed by atoms with E-state index in [1.807, 2.05) is 30.5 Å². The predicted molar refractivity (Wildman–Crippen MR) is 165 cm³/mol. The fraction of sp³-hybridized carbons (Fsp3) is 0.250. The number of benzene rings is 2. The Labute approximate surface area is 259 Å². The number of hydrogen-bond acceptors (Lipinski definition) is 6. The Morgan fingerprint density at radius 3 is 2.59 bits per heavy atom. The van der Waals surface area contributed by atoms with Crippen LogP contribution in [0.1, 0.15) is 22.3 Å². The molecule has 0 radical (unpaired) electrons. The Morgan fingerprint density at radius 2 is 1.75 bits per heavy atom. The number of aromatic nitrogens is 4. The van der Waals surface area contributed by atoms with E-state index < -0.39 is 17.6 Å². The molecule has 1 aliphatic heterocycles. The molecule has 6 rings (SSSR count). The van der Waals surface area contributed by atoms with E-state index >= 15 is 0 Å². The van der Waals surface area contributed by atoms with Crippen molar-refractivity contribution >= 4 is 37.5 Å². The molecule has 0 aliphatic carbocycles. The van der Waals surface area contributed by atoms with Gasteiger partial charge in [-0.15, -0.1) is 0 Å². The van der Waals surface area contributed by atoms with Crippen LogP contribution in [0, 0.1) is 0 Å². The zero-order valence-electron chi connectivity index (χ0n) is 23.7. The molecule has 0 spiro atoms. The number of ether oxygens (including phenoxy) is 1. The Kier molecular flexibility index (Phi) is 9.06. The van der Waals surface area contributed by atoms with Crippen LogP contribution in [0.5, 0.6) is 0 Å². The van der Waals surface area contributed by atoms with Crippen molar-refractivity contribution in [3.63, 3.8) is 0 Å². The number of pyridine rings is 1. The summed E-state index contributed by atoms with van der Waals surface area (Å²) >= 11 is -0.375. The van der Waals surface area contributed by atoms with E-state index in [0.29, 0.717) is 11.3 Å². The third-order valence-electron chi connectivity index (χ3n) is 7.34. The summed E-state index contributed by atoms with van der Waals surface area (Å²) in [5.41, 5.74) is 3.42. The summed E-state index contributed by atoms with van der Waals surface area (Å²) in [5.74, 6) is -0.632. The molecule has 0 bridgehead atoms. The van der Waals surface area contributed by atoms with Crippen LogP contribution < -0.4 is 9.80 Å². The number of carbonyl (C=O) groups is 1. The number of morpholine rings is 1. The van der Waals surface area contributed by atoms with Gasteiger partial charge in [-0.1, -0.05) is 6.07 Å². The van der Waals surface area contributed by atoms with Gasteiger partial charge in [-0.25, -0.2) is 0 Å². The molecule has 1 atom stereocenters. The topological polar surface area (TPSA) is 84.7 Å². The second kappa shape index (κ2) is 13.3. The van der Waals surface area contributed by atoms with Crippen LogP contribution in [0.15, 0.2) is 85.2 Å². The molecule has 8 nitrogen and oxygen atoms in total. The van der Waals surface area contributed by atoms with E-state index in [2.05, 4.69) is 26.3 Å². The summed E-state index contributed by atoms with van der Waals surface area (Å²) in [6.45, 7) is 4.76. The maximum atomic E-state index is 13.1. The molecular formula is C32H30AsF3N6O2. The average Bonchev–Trinajstić information content (AvgIpc) is 3.48. The molecule has 4 heterocycles. The molecule has 1 aliphatic rings. The first-order valence-electron chi connectivity index (χ1n) is 14.3. The van der Waals surface area contributed by atoms with Crippen LogP contribution >= 0.6 is 0 Å². The molecule has 3 aromatic heterocycles. The Morgan fingerprint density at radius 1 is 0.932 bits per heavy atom. The number of rotatable bonds is 9. The maximum absolute atomic E-state index is 13.1. The molecule has 44 heavy (non-hydrogen) atoms. The Balaban J connectivity index is 1.17. The molecule has 0 saturated carbocycles. The number of halogens is 3. The van der Waals surface area contributed by atoms with Crippen LogP contribution in [0.3, 0.4) is 0 Å². The maximum Gasteiger partial charge on any atom is 0.416 e. The molecule has 226 valence electrons. The monoisotopic (exact) mass is 662 g/mol. The number of nitrogens with zero attached hydrogens (tertiary/aromatic N) is 5. The smallest absolute Gasteiger partial charge is 0.166 e. The van der Waals surface area contributed by atoms with Gasteiger partial charge >= 0.3 is 206 Å². The van der Waals surface area contributed by atoms with E-state index in [0.717, 1.165) is 78.4 Å². The summed E-state index contributed by atoms with van der Waals surface area (Å²) in [6.07, 6.45) is 0.162. The van der Waals surface area contributed by atoms with Crippen LogP contribution in [0.25, 0.3) is 28.2 Å². The summed E-state index contributed by atoms with van der Waals surface area (Å²) < 4.78 is 47.7. The van der Waals surface area contributed by atoms with E-state index in [-0.39, 0.29) is 21.3 Å². The standard InChI is InChI=1S/C32H30AsF3N6O2/c34-32(35,36)25-6-1-5-24(18-25)31(43)39-26-7-2-4-23(19-26)28-9-12-38-30-21-27(40-42(28)30)22-8-11-37-29(20-22)33-10-3-13-41-14-16-44-17-15-41/h1-2,4-9,11-12,18-21,33H,3,10,13-17H2,(H,39,43). The molecule has 1 fully saturated rings. The molecule has 1 saturated heterocycles. The van der Waals surface area contributed by atoms with Gasteiger partial charge in [-0.2, -0.15) is 13.2 Å². The van der Waals surface area contributed by atoms with Crippen LogP contribution in [-0.2, 0) is 10.9 Å². The van der Waals surface area contributed by atoms with Crippen molar-refractivity contribution in [2.45, 2.75) is 17.8 Å². The fourth-order valence-corrected chi connectivity index (χ4v) is 7.21. The molecule has 2 aromatic carbocycles. The van der Waals surface area contributed by atoms with Crippen LogP contribution in [0.4, 0.5) is 18.9 Å². The Bertz CT molecular complexity index is 1770. The molecule has 12 heteroatoms. The van der Waals surface area contributed by atoms with Gasteiger partial charge < -0.3 is 0 Å². The number of alkyl halides is 3. The van der Waals surface area contributed by atoms with Crippen molar-refractivity contribution < 1.29 is 22.7 Å². The van der Waals surface area contributed by atoms with Gasteiger partial charge in [0.2, 0.25) is 0 Å². The zero-order valence-corrected chi connectivity index (χ0v) is 25.8. The first-order valence-corrected chi connectivity index (χ1v) is 16.8. The van der Waals surface area contributed by atoms with Crippen molar-refractivity contribution in [3.8, 4) is 22.5 Å². The summed E-state index contributed by atoms with van der Waals surface area (Å²) in [5, 5.41) is 8.74. The van der Waals surface area contributed by atoms with Crippen LogP contribution in [0.2, 0.25) is 5.21 Å². The largest absolute Gasteiger partial charge is 0.416 e. The summed E-state index contributed by atoms with van der Waals surface area (Å²) in [4.78, 5) is 24.4. The second-order valence-corrected chi connectivity index (χ2v) is 13.3. The van der Waals surface area contributed by atoms with Crippen molar-refractivity contribution in [1.82, 2.24) is 24.5 Å². The van der Waals surface area contributed by atoms with Gasteiger partial charge in [0.05, 0.1) is 5.56 Å². The number of nitrogens with one attached hydrogen (secondary N) is 1. The zero-order chi connectivity index (χ0) is 30.5. The van der Waals surface area contributed by atoms with Crippen molar-refractivity contribution in [2.24, 2.45) is 0 Å². The number of hydrogen-bond donors (Lipinski definition) is 1. The molecule has 5 aromatic rings. The van der Waals surface area contributed by atoms with Gasteiger partial charge in [0, 0.05) is 5.56 Å². The van der Waals surface area contributed by atoms with Gasteiger partial charge in [0.1, 0.15) is 0 Å². The second-order valence-electron chi connectivity index (χ2n) is 10.4. The predicted octanol–water partition coefficient (Wildman–Crippen LogP) is 4.93. The minimum absolute atomic E-state index is 0.0789. The number of carbonyl (C=O) groups excluding carboxylic acids is 1. The normalized spacial score (nSPS) is 14.4. The van der Waals surface area contributed by atoms with E-state index in [1.165, 1.54) is 17.3 Å². The third-order valence-corrected chi connectivity index (χ3v) is 9.94. The average molecular weight is 663 g/mol. The van der Waals surface area contributed by atoms with Gasteiger partial charge in [-0.05, 0) is 18.2 Å². The van der Waals surface area contributed by atoms with E-state index in [9.17, 15) is 18.0 Å². The fourth-order valence-electron chi connectivity index (χ4n) is 5.08.